The molecule has 1 saturated carbocycles. The van der Waals surface area contributed by atoms with Crippen LogP contribution in [0.25, 0.3) is 0 Å². The molecule has 7 nitrogen and oxygen atoms in total. The van der Waals surface area contributed by atoms with E-state index in [1.807, 2.05) is 24.0 Å². The molecular weight excluding hydrogens is 294 g/mol. The molecule has 1 aliphatic carbocycles. The van der Waals surface area contributed by atoms with Gasteiger partial charge in [-0.05, 0) is 32.2 Å². The van der Waals surface area contributed by atoms with E-state index in [1.165, 1.54) is 0 Å². The molecule has 7 heteroatoms. The highest BCUT2D eigenvalue weighted by Crippen LogP contribution is 2.38. The van der Waals surface area contributed by atoms with Gasteiger partial charge in [-0.15, -0.1) is 0 Å². The summed E-state index contributed by atoms with van der Waals surface area (Å²) < 4.78 is 7.36. The van der Waals surface area contributed by atoms with Crippen molar-refractivity contribution >= 4 is 0 Å². The van der Waals surface area contributed by atoms with Crippen molar-refractivity contribution in [1.82, 2.24) is 24.6 Å². The van der Waals surface area contributed by atoms with Gasteiger partial charge >= 0.3 is 0 Å². The van der Waals surface area contributed by atoms with E-state index in [0.717, 1.165) is 50.4 Å². The first kappa shape index (κ1) is 14.8. The van der Waals surface area contributed by atoms with Crippen molar-refractivity contribution < 1.29 is 9.63 Å². The summed E-state index contributed by atoms with van der Waals surface area (Å²) in [4.78, 5) is 11.1. The van der Waals surface area contributed by atoms with Crippen LogP contribution in [0.3, 0.4) is 0 Å². The zero-order chi connectivity index (χ0) is 15.9. The molecule has 0 bridgehead atoms. The van der Waals surface area contributed by atoms with Crippen LogP contribution in [0.1, 0.15) is 49.1 Å². The van der Waals surface area contributed by atoms with E-state index in [9.17, 15) is 5.11 Å². The highest BCUT2D eigenvalue weighted by molar-refractivity contribution is 5.05. The van der Waals surface area contributed by atoms with Gasteiger partial charge in [0.05, 0.1) is 18.6 Å². The lowest BCUT2D eigenvalue weighted by Gasteiger charge is -2.38. The molecule has 2 aromatic heterocycles. The molecule has 2 aliphatic rings. The van der Waals surface area contributed by atoms with Gasteiger partial charge in [-0.3, -0.25) is 4.90 Å². The minimum atomic E-state index is -0.795. The highest BCUT2D eigenvalue weighted by Gasteiger charge is 2.36. The summed E-state index contributed by atoms with van der Waals surface area (Å²) in [5, 5.41) is 15.0. The van der Waals surface area contributed by atoms with Crippen LogP contribution in [-0.4, -0.2) is 48.4 Å². The van der Waals surface area contributed by atoms with Gasteiger partial charge in [-0.2, -0.15) is 4.98 Å². The van der Waals surface area contributed by atoms with Crippen molar-refractivity contribution in [3.8, 4) is 0 Å². The molecule has 1 saturated heterocycles. The molecule has 0 radical (unpaired) electrons. The van der Waals surface area contributed by atoms with Gasteiger partial charge < -0.3 is 14.2 Å². The Kier molecular flexibility index (Phi) is 3.69. The van der Waals surface area contributed by atoms with Crippen LogP contribution in [0.2, 0.25) is 0 Å². The quantitative estimate of drug-likeness (QED) is 0.894. The molecule has 1 N–H and O–H groups in total. The van der Waals surface area contributed by atoms with Gasteiger partial charge in [0.25, 0.3) is 0 Å². The first-order valence-corrected chi connectivity index (χ1v) is 8.35. The smallest absolute Gasteiger partial charge is 0.229 e. The lowest BCUT2D eigenvalue weighted by Crippen LogP contribution is -2.49. The summed E-state index contributed by atoms with van der Waals surface area (Å²) >= 11 is 0. The van der Waals surface area contributed by atoms with Gasteiger partial charge in [0.2, 0.25) is 5.89 Å². The third-order valence-electron chi connectivity index (χ3n) is 4.83. The molecular formula is C16H23N5O2. The number of aromatic nitrogens is 4. The summed E-state index contributed by atoms with van der Waals surface area (Å²) in [5.74, 6) is 2.87. The monoisotopic (exact) mass is 317 g/mol. The molecule has 1 atom stereocenters. The third kappa shape index (κ3) is 3.30. The summed E-state index contributed by atoms with van der Waals surface area (Å²) in [6.45, 7) is 2.34. The molecule has 4 rings (SSSR count). The molecule has 124 valence electrons. The molecule has 2 fully saturated rings. The van der Waals surface area contributed by atoms with Gasteiger partial charge in [-0.1, -0.05) is 5.16 Å². The maximum atomic E-state index is 11.0. The average Bonchev–Trinajstić information content (AvgIpc) is 3.14. The SMILES string of the molecule is Cn1ccnc1CN1CCCC(O)(Cc2nc(C3CC3)no2)C1. The minimum absolute atomic E-state index is 0.434. The van der Waals surface area contributed by atoms with Crippen LogP contribution in [0, 0.1) is 0 Å². The van der Waals surface area contributed by atoms with Crippen molar-refractivity contribution in [2.24, 2.45) is 7.05 Å². The van der Waals surface area contributed by atoms with Crippen molar-refractivity contribution in [1.29, 1.82) is 0 Å². The first-order valence-electron chi connectivity index (χ1n) is 8.35. The lowest BCUT2D eigenvalue weighted by molar-refractivity contribution is -0.0381. The van der Waals surface area contributed by atoms with Crippen LogP contribution in [0.4, 0.5) is 0 Å². The fourth-order valence-corrected chi connectivity index (χ4v) is 3.36. The lowest BCUT2D eigenvalue weighted by atomic mass is 9.89. The number of imidazole rings is 1. The third-order valence-corrected chi connectivity index (χ3v) is 4.83. The van der Waals surface area contributed by atoms with Crippen LogP contribution in [0.15, 0.2) is 16.9 Å². The average molecular weight is 317 g/mol. The number of aryl methyl sites for hydroxylation is 1. The highest BCUT2D eigenvalue weighted by atomic mass is 16.5. The normalized spacial score (nSPS) is 25.8. The maximum absolute atomic E-state index is 11.0. The van der Waals surface area contributed by atoms with Crippen molar-refractivity contribution in [3.63, 3.8) is 0 Å². The predicted molar refractivity (Wildman–Crippen MR) is 82.6 cm³/mol. The Morgan fingerprint density at radius 1 is 1.43 bits per heavy atom. The number of piperidine rings is 1. The van der Waals surface area contributed by atoms with E-state index in [1.54, 1.807) is 0 Å². The van der Waals surface area contributed by atoms with Gasteiger partial charge in [0, 0.05) is 31.9 Å². The number of hydrogen-bond acceptors (Lipinski definition) is 6. The molecule has 23 heavy (non-hydrogen) atoms. The fraction of sp³-hybridized carbons (Fsp3) is 0.688. The molecule has 2 aromatic rings. The second-order valence-electron chi connectivity index (χ2n) is 6.99. The van der Waals surface area contributed by atoms with Crippen LogP contribution in [0.5, 0.6) is 0 Å². The van der Waals surface area contributed by atoms with E-state index in [2.05, 4.69) is 20.0 Å². The maximum Gasteiger partial charge on any atom is 0.229 e. The number of β-amino-alcohol motifs (C(OH)–C–C–N with tert-alkyl or cyclic N) is 1. The largest absolute Gasteiger partial charge is 0.388 e. The van der Waals surface area contributed by atoms with E-state index >= 15 is 0 Å². The van der Waals surface area contributed by atoms with E-state index in [4.69, 9.17) is 4.52 Å². The van der Waals surface area contributed by atoms with Crippen molar-refractivity contribution in [2.75, 3.05) is 13.1 Å². The molecule has 0 spiro atoms. The molecule has 0 amide bonds. The predicted octanol–water partition coefficient (Wildman–Crippen LogP) is 1.25. The van der Waals surface area contributed by atoms with Crippen molar-refractivity contribution in [2.45, 2.75) is 50.2 Å². The summed E-state index contributed by atoms with van der Waals surface area (Å²) in [5.41, 5.74) is -0.795. The molecule has 3 heterocycles. The number of nitrogens with zero attached hydrogens (tertiary/aromatic N) is 5. The Bertz CT molecular complexity index is 678. The second kappa shape index (κ2) is 5.72. The Labute approximate surface area is 135 Å². The van der Waals surface area contributed by atoms with E-state index in [-0.39, 0.29) is 0 Å². The van der Waals surface area contributed by atoms with Crippen LogP contribution >= 0.6 is 0 Å². The molecule has 1 aliphatic heterocycles. The van der Waals surface area contributed by atoms with Gasteiger partial charge in [0.1, 0.15) is 5.82 Å². The minimum Gasteiger partial charge on any atom is -0.388 e. The fourth-order valence-electron chi connectivity index (χ4n) is 3.36. The van der Waals surface area contributed by atoms with Crippen LogP contribution in [-0.2, 0) is 20.0 Å². The topological polar surface area (TPSA) is 80.2 Å². The Morgan fingerprint density at radius 3 is 3.04 bits per heavy atom. The van der Waals surface area contributed by atoms with Crippen molar-refractivity contribution in [3.05, 3.63) is 29.9 Å². The van der Waals surface area contributed by atoms with Gasteiger partial charge in [-0.25, -0.2) is 4.98 Å². The van der Waals surface area contributed by atoms with Crippen LogP contribution < -0.4 is 0 Å². The molecule has 1 unspecified atom stereocenters. The Hall–Kier alpha value is -1.73. The Morgan fingerprint density at radius 2 is 2.30 bits per heavy atom. The van der Waals surface area contributed by atoms with Gasteiger partial charge in [0.15, 0.2) is 5.82 Å². The number of rotatable bonds is 5. The summed E-state index contributed by atoms with van der Waals surface area (Å²) in [6.07, 6.45) is 8.23. The number of likely N-dealkylation sites (tertiary alicyclic amines) is 1. The standard InChI is InChI=1S/C16H23N5O2/c1-20-8-6-17-13(20)10-21-7-2-5-16(22,11-21)9-14-18-15(19-23-14)12-3-4-12/h6,8,12,22H,2-5,7,9-11H2,1H3. The van der Waals surface area contributed by atoms with E-state index < -0.39 is 5.60 Å². The number of aliphatic hydroxyl groups is 1. The molecule has 0 aromatic carbocycles. The zero-order valence-corrected chi connectivity index (χ0v) is 13.5. The van der Waals surface area contributed by atoms with E-state index in [0.29, 0.717) is 24.8 Å². The number of hydrogen-bond donors (Lipinski definition) is 1. The summed E-state index contributed by atoms with van der Waals surface area (Å²) in [7, 11) is 2.00. The second-order valence-corrected chi connectivity index (χ2v) is 6.99. The summed E-state index contributed by atoms with van der Waals surface area (Å²) in [6, 6.07) is 0. The zero-order valence-electron chi connectivity index (χ0n) is 13.5. The Balaban J connectivity index is 1.41. The first-order chi connectivity index (χ1) is 11.1.